The number of nitrogens with zero attached hydrogens (tertiary/aromatic N) is 1. The van der Waals surface area contributed by atoms with Crippen molar-refractivity contribution in [3.8, 4) is 0 Å². The summed E-state index contributed by atoms with van der Waals surface area (Å²) in [6, 6.07) is 13.4. The molecule has 1 N–H and O–H groups in total. The maximum Gasteiger partial charge on any atom is 0.340 e. The molecule has 2 aromatic carbocycles. The molecule has 1 aliphatic rings. The first-order valence-electron chi connectivity index (χ1n) is 9.96. The molecule has 0 saturated carbocycles. The van der Waals surface area contributed by atoms with E-state index in [4.69, 9.17) is 4.74 Å². The fourth-order valence-electron chi connectivity index (χ4n) is 3.36. The number of esters is 1. The van der Waals surface area contributed by atoms with E-state index in [9.17, 15) is 14.4 Å². The summed E-state index contributed by atoms with van der Waals surface area (Å²) in [6.45, 7) is 5.65. The summed E-state index contributed by atoms with van der Waals surface area (Å²) in [5.74, 6) is -0.301. The van der Waals surface area contributed by atoms with Crippen molar-refractivity contribution >= 4 is 23.5 Å². The average molecular weight is 394 g/mol. The maximum absolute atomic E-state index is 12.8. The lowest BCUT2D eigenvalue weighted by Crippen LogP contribution is -2.38. The minimum absolute atomic E-state index is 0.0570. The number of benzene rings is 2. The predicted octanol–water partition coefficient (Wildman–Crippen LogP) is 3.99. The van der Waals surface area contributed by atoms with Gasteiger partial charge in [0.2, 0.25) is 0 Å². The van der Waals surface area contributed by atoms with Crippen LogP contribution in [0.4, 0.5) is 5.69 Å². The van der Waals surface area contributed by atoms with Crippen LogP contribution in [0, 0.1) is 5.92 Å². The van der Waals surface area contributed by atoms with Crippen LogP contribution in [0.3, 0.4) is 0 Å². The molecular weight excluding hydrogens is 368 g/mol. The molecule has 1 fully saturated rings. The van der Waals surface area contributed by atoms with Gasteiger partial charge < -0.3 is 15.0 Å². The monoisotopic (exact) mass is 394 g/mol. The Labute approximate surface area is 170 Å². The van der Waals surface area contributed by atoms with E-state index in [1.54, 1.807) is 55.5 Å². The molecule has 152 valence electrons. The third kappa shape index (κ3) is 5.02. The molecule has 0 bridgehead atoms. The van der Waals surface area contributed by atoms with Gasteiger partial charge in [0, 0.05) is 24.2 Å². The summed E-state index contributed by atoms with van der Waals surface area (Å²) in [6.07, 6.45) is 1.99. The van der Waals surface area contributed by atoms with Crippen molar-refractivity contribution in [2.45, 2.75) is 26.7 Å². The number of rotatable bonds is 5. The molecule has 0 radical (unpaired) electrons. The van der Waals surface area contributed by atoms with Gasteiger partial charge in [0.15, 0.2) is 0 Å². The molecule has 0 atom stereocenters. The Bertz CT molecular complexity index is 901. The van der Waals surface area contributed by atoms with Crippen LogP contribution in [0.2, 0.25) is 0 Å². The van der Waals surface area contributed by atoms with Crippen molar-refractivity contribution in [3.05, 3.63) is 65.2 Å². The van der Waals surface area contributed by atoms with E-state index in [0.717, 1.165) is 25.9 Å². The number of likely N-dealkylation sites (tertiary alicyclic amines) is 1. The van der Waals surface area contributed by atoms with Gasteiger partial charge in [0.25, 0.3) is 11.8 Å². The van der Waals surface area contributed by atoms with Gasteiger partial charge in [-0.05, 0) is 56.0 Å². The predicted molar refractivity (Wildman–Crippen MR) is 111 cm³/mol. The SMILES string of the molecule is CCOC(=O)c1ccccc1NC(=O)c1cccc(C(=O)N2CCC(C)CC2)c1. The Kier molecular flexibility index (Phi) is 6.65. The number of nitrogens with one attached hydrogen (secondary N) is 1. The Balaban J connectivity index is 1.75. The quantitative estimate of drug-likeness (QED) is 0.778. The fraction of sp³-hybridized carbons (Fsp3) is 0.348. The lowest BCUT2D eigenvalue weighted by atomic mass is 9.98. The van der Waals surface area contributed by atoms with Crippen LogP contribution in [0.25, 0.3) is 0 Å². The molecule has 1 heterocycles. The van der Waals surface area contributed by atoms with Crippen LogP contribution in [-0.2, 0) is 4.74 Å². The van der Waals surface area contributed by atoms with Crippen LogP contribution in [0.15, 0.2) is 48.5 Å². The second kappa shape index (κ2) is 9.37. The molecule has 1 aliphatic heterocycles. The highest BCUT2D eigenvalue weighted by Gasteiger charge is 2.22. The molecule has 29 heavy (non-hydrogen) atoms. The van der Waals surface area contributed by atoms with Crippen molar-refractivity contribution in [3.63, 3.8) is 0 Å². The van der Waals surface area contributed by atoms with Gasteiger partial charge in [-0.15, -0.1) is 0 Å². The smallest absolute Gasteiger partial charge is 0.340 e. The second-order valence-corrected chi connectivity index (χ2v) is 7.28. The summed E-state index contributed by atoms with van der Waals surface area (Å²) >= 11 is 0. The number of piperidine rings is 1. The highest BCUT2D eigenvalue weighted by Crippen LogP contribution is 2.20. The molecule has 0 spiro atoms. The number of carbonyl (C=O) groups is 3. The summed E-state index contributed by atoms with van der Waals surface area (Å²) in [5, 5.41) is 2.75. The van der Waals surface area contributed by atoms with Gasteiger partial charge in [-0.3, -0.25) is 9.59 Å². The molecule has 2 aromatic rings. The minimum atomic E-state index is -0.494. The summed E-state index contributed by atoms with van der Waals surface area (Å²) < 4.78 is 5.04. The number of para-hydroxylation sites is 1. The number of ether oxygens (including phenoxy) is 1. The highest BCUT2D eigenvalue weighted by molar-refractivity contribution is 6.09. The van der Waals surface area contributed by atoms with Gasteiger partial charge >= 0.3 is 5.97 Å². The summed E-state index contributed by atoms with van der Waals surface area (Å²) in [5.41, 5.74) is 1.51. The van der Waals surface area contributed by atoms with E-state index < -0.39 is 5.97 Å². The van der Waals surface area contributed by atoms with Crippen molar-refractivity contribution in [1.82, 2.24) is 4.90 Å². The van der Waals surface area contributed by atoms with Crippen LogP contribution in [0.5, 0.6) is 0 Å². The van der Waals surface area contributed by atoms with Gasteiger partial charge in [0.05, 0.1) is 17.9 Å². The number of hydrogen-bond acceptors (Lipinski definition) is 4. The molecule has 0 unspecified atom stereocenters. The highest BCUT2D eigenvalue weighted by atomic mass is 16.5. The van der Waals surface area contributed by atoms with Crippen LogP contribution in [0.1, 0.15) is 57.8 Å². The van der Waals surface area contributed by atoms with E-state index in [2.05, 4.69) is 12.2 Å². The molecular formula is C23H26N2O4. The lowest BCUT2D eigenvalue weighted by Gasteiger charge is -2.30. The zero-order valence-electron chi connectivity index (χ0n) is 16.8. The number of hydrogen-bond donors (Lipinski definition) is 1. The van der Waals surface area contributed by atoms with E-state index in [0.29, 0.717) is 22.7 Å². The topological polar surface area (TPSA) is 75.7 Å². The Morgan fingerprint density at radius 3 is 2.45 bits per heavy atom. The standard InChI is InChI=1S/C23H26N2O4/c1-3-29-23(28)19-9-4-5-10-20(19)24-21(26)17-7-6-8-18(15-17)22(27)25-13-11-16(2)12-14-25/h4-10,15-16H,3,11-14H2,1-2H3,(H,24,26). The maximum atomic E-state index is 12.8. The molecule has 0 aliphatic carbocycles. The molecule has 6 heteroatoms. The normalized spacial score (nSPS) is 14.3. The Morgan fingerprint density at radius 1 is 1.03 bits per heavy atom. The zero-order valence-corrected chi connectivity index (χ0v) is 16.8. The lowest BCUT2D eigenvalue weighted by molar-refractivity contribution is 0.0527. The molecule has 1 saturated heterocycles. The molecule has 6 nitrogen and oxygen atoms in total. The molecule has 2 amide bonds. The van der Waals surface area contributed by atoms with E-state index in [1.807, 2.05) is 4.90 Å². The third-order valence-corrected chi connectivity index (χ3v) is 5.11. The van der Waals surface area contributed by atoms with Crippen LogP contribution in [-0.4, -0.2) is 42.4 Å². The van der Waals surface area contributed by atoms with Gasteiger partial charge in [-0.25, -0.2) is 4.79 Å². The fourth-order valence-corrected chi connectivity index (χ4v) is 3.36. The van der Waals surface area contributed by atoms with Gasteiger partial charge in [-0.2, -0.15) is 0 Å². The first-order valence-corrected chi connectivity index (χ1v) is 9.96. The van der Waals surface area contributed by atoms with E-state index >= 15 is 0 Å². The van der Waals surface area contributed by atoms with Gasteiger partial charge in [-0.1, -0.05) is 25.1 Å². The Hall–Kier alpha value is -3.15. The van der Waals surface area contributed by atoms with Crippen molar-refractivity contribution < 1.29 is 19.1 Å². The number of anilines is 1. The van der Waals surface area contributed by atoms with Crippen LogP contribution >= 0.6 is 0 Å². The molecule has 3 rings (SSSR count). The minimum Gasteiger partial charge on any atom is -0.462 e. The average Bonchev–Trinajstić information content (AvgIpc) is 2.74. The van der Waals surface area contributed by atoms with E-state index in [1.165, 1.54) is 0 Å². The summed E-state index contributed by atoms with van der Waals surface area (Å²) in [7, 11) is 0. The number of amides is 2. The van der Waals surface area contributed by atoms with Gasteiger partial charge in [0.1, 0.15) is 0 Å². The van der Waals surface area contributed by atoms with Crippen molar-refractivity contribution in [2.75, 3.05) is 25.0 Å². The first kappa shape index (κ1) is 20.6. The Morgan fingerprint density at radius 2 is 1.72 bits per heavy atom. The summed E-state index contributed by atoms with van der Waals surface area (Å²) in [4.78, 5) is 39.5. The second-order valence-electron chi connectivity index (χ2n) is 7.28. The molecule has 0 aromatic heterocycles. The largest absolute Gasteiger partial charge is 0.462 e. The zero-order chi connectivity index (χ0) is 20.8. The van der Waals surface area contributed by atoms with Crippen molar-refractivity contribution in [2.24, 2.45) is 5.92 Å². The third-order valence-electron chi connectivity index (χ3n) is 5.11. The van der Waals surface area contributed by atoms with Crippen molar-refractivity contribution in [1.29, 1.82) is 0 Å². The van der Waals surface area contributed by atoms with E-state index in [-0.39, 0.29) is 24.0 Å². The van der Waals surface area contributed by atoms with Crippen LogP contribution < -0.4 is 5.32 Å². The first-order chi connectivity index (χ1) is 14.0. The number of carbonyl (C=O) groups excluding carboxylic acids is 3.